The van der Waals surface area contributed by atoms with Crippen LogP contribution in [-0.2, 0) is 20.1 Å². The van der Waals surface area contributed by atoms with E-state index in [9.17, 15) is 0 Å². The first-order valence-corrected chi connectivity index (χ1v) is 7.89. The lowest BCUT2D eigenvalue weighted by Gasteiger charge is -2.14. The number of nitrogens with one attached hydrogen (secondary N) is 2. The summed E-state index contributed by atoms with van der Waals surface area (Å²) in [6.07, 6.45) is 1.78. The van der Waals surface area contributed by atoms with Gasteiger partial charge in [0.15, 0.2) is 17.5 Å². The Morgan fingerprint density at radius 1 is 1.21 bits per heavy atom. The molecule has 1 heterocycles. The van der Waals surface area contributed by atoms with Crippen LogP contribution >= 0.6 is 0 Å². The summed E-state index contributed by atoms with van der Waals surface area (Å²) in [5, 5.41) is 10.7. The predicted molar refractivity (Wildman–Crippen MR) is 94.4 cm³/mol. The Bertz CT molecular complexity index is 681. The standard InChI is InChI=1S/C17H25N5O2/c1-5-24-15-7-6-13(10-16(15)23-4)11-19-17(18-2)20-12-14-8-9-21-22(14)3/h6-10H,5,11-12H2,1-4H3,(H2,18,19,20). The van der Waals surface area contributed by atoms with E-state index in [1.54, 1.807) is 20.4 Å². The van der Waals surface area contributed by atoms with Gasteiger partial charge in [0.25, 0.3) is 0 Å². The van der Waals surface area contributed by atoms with Crippen molar-refractivity contribution in [3.05, 3.63) is 41.7 Å². The van der Waals surface area contributed by atoms with E-state index in [0.717, 1.165) is 28.7 Å². The molecule has 24 heavy (non-hydrogen) atoms. The quantitative estimate of drug-likeness (QED) is 0.597. The monoisotopic (exact) mass is 331 g/mol. The van der Waals surface area contributed by atoms with Gasteiger partial charge < -0.3 is 20.1 Å². The van der Waals surface area contributed by atoms with E-state index < -0.39 is 0 Å². The number of ether oxygens (including phenoxy) is 2. The molecule has 0 aliphatic carbocycles. The Labute approximate surface area is 142 Å². The molecule has 1 aromatic heterocycles. The van der Waals surface area contributed by atoms with Crippen molar-refractivity contribution < 1.29 is 9.47 Å². The van der Waals surface area contributed by atoms with E-state index >= 15 is 0 Å². The van der Waals surface area contributed by atoms with Crippen LogP contribution in [0.5, 0.6) is 11.5 Å². The average Bonchev–Trinajstić information content (AvgIpc) is 3.01. The van der Waals surface area contributed by atoms with Gasteiger partial charge in [0.1, 0.15) is 0 Å². The van der Waals surface area contributed by atoms with Gasteiger partial charge in [-0.2, -0.15) is 5.10 Å². The molecule has 0 radical (unpaired) electrons. The molecule has 0 fully saturated rings. The molecule has 130 valence electrons. The van der Waals surface area contributed by atoms with Crippen LogP contribution in [-0.4, -0.2) is 36.5 Å². The summed E-state index contributed by atoms with van der Waals surface area (Å²) in [6.45, 7) is 3.85. The van der Waals surface area contributed by atoms with E-state index in [1.165, 1.54) is 0 Å². The number of rotatable bonds is 7. The van der Waals surface area contributed by atoms with E-state index in [-0.39, 0.29) is 0 Å². The van der Waals surface area contributed by atoms with Crippen molar-refractivity contribution in [2.24, 2.45) is 12.0 Å². The van der Waals surface area contributed by atoms with Crippen LogP contribution in [0.25, 0.3) is 0 Å². The van der Waals surface area contributed by atoms with Crippen molar-refractivity contribution in [3.8, 4) is 11.5 Å². The summed E-state index contributed by atoms with van der Waals surface area (Å²) < 4.78 is 12.7. The van der Waals surface area contributed by atoms with Crippen LogP contribution in [0.3, 0.4) is 0 Å². The third-order valence-corrected chi connectivity index (χ3v) is 3.57. The fraction of sp³-hybridized carbons (Fsp3) is 0.412. The minimum atomic E-state index is 0.610. The zero-order valence-electron chi connectivity index (χ0n) is 14.7. The molecule has 0 amide bonds. The van der Waals surface area contributed by atoms with Crippen LogP contribution < -0.4 is 20.1 Å². The highest BCUT2D eigenvalue weighted by atomic mass is 16.5. The van der Waals surface area contributed by atoms with Gasteiger partial charge in [-0.1, -0.05) is 6.07 Å². The maximum Gasteiger partial charge on any atom is 0.191 e. The third kappa shape index (κ3) is 4.65. The molecule has 0 bridgehead atoms. The molecule has 2 rings (SSSR count). The van der Waals surface area contributed by atoms with Gasteiger partial charge in [0, 0.05) is 26.8 Å². The zero-order chi connectivity index (χ0) is 17.4. The van der Waals surface area contributed by atoms with E-state index in [2.05, 4.69) is 20.7 Å². The first-order chi connectivity index (χ1) is 11.7. The van der Waals surface area contributed by atoms with Gasteiger partial charge in [-0.25, -0.2) is 0 Å². The molecule has 2 N–H and O–H groups in total. The van der Waals surface area contributed by atoms with Gasteiger partial charge in [-0.15, -0.1) is 0 Å². The summed E-state index contributed by atoms with van der Waals surface area (Å²) in [5.41, 5.74) is 2.17. The highest BCUT2D eigenvalue weighted by molar-refractivity contribution is 5.79. The van der Waals surface area contributed by atoms with Crippen molar-refractivity contribution >= 4 is 5.96 Å². The first kappa shape index (κ1) is 17.7. The van der Waals surface area contributed by atoms with Crippen LogP contribution in [0.4, 0.5) is 0 Å². The first-order valence-electron chi connectivity index (χ1n) is 7.89. The predicted octanol–water partition coefficient (Wildman–Crippen LogP) is 1.69. The summed E-state index contributed by atoms with van der Waals surface area (Å²) in [5.74, 6) is 2.21. The highest BCUT2D eigenvalue weighted by Gasteiger charge is 2.06. The van der Waals surface area contributed by atoms with Crippen LogP contribution in [0.2, 0.25) is 0 Å². The smallest absolute Gasteiger partial charge is 0.191 e. The fourth-order valence-electron chi connectivity index (χ4n) is 2.25. The second-order valence-corrected chi connectivity index (χ2v) is 5.14. The fourth-order valence-corrected chi connectivity index (χ4v) is 2.25. The summed E-state index contributed by atoms with van der Waals surface area (Å²) in [4.78, 5) is 4.23. The summed E-state index contributed by atoms with van der Waals surface area (Å²) in [6, 6.07) is 7.87. The van der Waals surface area contributed by atoms with Crippen molar-refractivity contribution in [3.63, 3.8) is 0 Å². The topological polar surface area (TPSA) is 72.7 Å². The number of benzene rings is 1. The van der Waals surface area contributed by atoms with Crippen molar-refractivity contribution in [2.45, 2.75) is 20.0 Å². The lowest BCUT2D eigenvalue weighted by Crippen LogP contribution is -2.36. The minimum absolute atomic E-state index is 0.610. The molecule has 0 saturated heterocycles. The number of aromatic nitrogens is 2. The number of hydrogen-bond donors (Lipinski definition) is 2. The van der Waals surface area contributed by atoms with Gasteiger partial charge in [-0.3, -0.25) is 9.67 Å². The average molecular weight is 331 g/mol. The normalized spacial score (nSPS) is 11.2. The Hall–Kier alpha value is -2.70. The molecule has 0 aliphatic rings. The molecular weight excluding hydrogens is 306 g/mol. The van der Waals surface area contributed by atoms with Crippen LogP contribution in [0, 0.1) is 0 Å². The summed E-state index contributed by atoms with van der Waals surface area (Å²) >= 11 is 0. The van der Waals surface area contributed by atoms with Gasteiger partial charge in [-0.05, 0) is 30.7 Å². The Kier molecular flexibility index (Phi) is 6.48. The van der Waals surface area contributed by atoms with Crippen LogP contribution in [0.1, 0.15) is 18.2 Å². The second kappa shape index (κ2) is 8.81. The lowest BCUT2D eigenvalue weighted by molar-refractivity contribution is 0.310. The second-order valence-electron chi connectivity index (χ2n) is 5.14. The number of aryl methyl sites for hydroxylation is 1. The van der Waals surface area contributed by atoms with Gasteiger partial charge in [0.2, 0.25) is 0 Å². The Morgan fingerprint density at radius 2 is 2.00 bits per heavy atom. The molecule has 7 nitrogen and oxygen atoms in total. The summed E-state index contributed by atoms with van der Waals surface area (Å²) in [7, 11) is 5.31. The van der Waals surface area contributed by atoms with Crippen molar-refractivity contribution in [1.29, 1.82) is 0 Å². The van der Waals surface area contributed by atoms with Gasteiger partial charge in [0.05, 0.1) is 26.0 Å². The zero-order valence-corrected chi connectivity index (χ0v) is 14.7. The molecule has 7 heteroatoms. The number of methoxy groups -OCH3 is 1. The number of guanidine groups is 1. The van der Waals surface area contributed by atoms with Crippen LogP contribution in [0.15, 0.2) is 35.5 Å². The molecule has 0 unspecified atom stereocenters. The Balaban J connectivity index is 1.92. The molecule has 2 aromatic rings. The van der Waals surface area contributed by atoms with E-state index in [0.29, 0.717) is 19.7 Å². The minimum Gasteiger partial charge on any atom is -0.493 e. The molecular formula is C17H25N5O2. The number of hydrogen-bond acceptors (Lipinski definition) is 4. The van der Waals surface area contributed by atoms with E-state index in [1.807, 2.05) is 42.9 Å². The van der Waals surface area contributed by atoms with Crippen molar-refractivity contribution in [1.82, 2.24) is 20.4 Å². The Morgan fingerprint density at radius 3 is 2.62 bits per heavy atom. The SMILES string of the molecule is CCOc1ccc(CNC(=NC)NCc2ccnn2C)cc1OC. The molecule has 0 atom stereocenters. The molecule has 0 spiro atoms. The number of aliphatic imine (C=N–C) groups is 1. The lowest BCUT2D eigenvalue weighted by atomic mass is 10.2. The largest absolute Gasteiger partial charge is 0.493 e. The molecule has 0 aliphatic heterocycles. The van der Waals surface area contributed by atoms with Crippen molar-refractivity contribution in [2.75, 3.05) is 20.8 Å². The number of nitrogens with zero attached hydrogens (tertiary/aromatic N) is 3. The molecule has 0 saturated carbocycles. The maximum absolute atomic E-state index is 5.53. The highest BCUT2D eigenvalue weighted by Crippen LogP contribution is 2.27. The van der Waals surface area contributed by atoms with E-state index in [4.69, 9.17) is 9.47 Å². The van der Waals surface area contributed by atoms with Gasteiger partial charge >= 0.3 is 0 Å². The maximum atomic E-state index is 5.53. The third-order valence-electron chi connectivity index (χ3n) is 3.57. The molecule has 1 aromatic carbocycles.